The molecule has 1 rings (SSSR count). The van der Waals surface area contributed by atoms with Gasteiger partial charge >= 0.3 is 0 Å². The lowest BCUT2D eigenvalue weighted by Gasteiger charge is -2.12. The van der Waals surface area contributed by atoms with Crippen LogP contribution in [0.25, 0.3) is 0 Å². The smallest absolute Gasteiger partial charge is 0.0796 e. The van der Waals surface area contributed by atoms with E-state index in [1.54, 1.807) is 0 Å². The van der Waals surface area contributed by atoms with Gasteiger partial charge in [0.1, 0.15) is 0 Å². The zero-order chi connectivity index (χ0) is 10.2. The third-order valence-electron chi connectivity index (χ3n) is 2.24. The molecule has 2 N–H and O–H groups in total. The van der Waals surface area contributed by atoms with Crippen LogP contribution in [0.2, 0.25) is 0 Å². The lowest BCUT2D eigenvalue weighted by molar-refractivity contribution is 0.0634. The normalized spacial score (nSPS) is 12.7. The first-order valence-electron chi connectivity index (χ1n) is 5.21. The molecule has 2 heteroatoms. The summed E-state index contributed by atoms with van der Waals surface area (Å²) in [5, 5.41) is 0. The van der Waals surface area contributed by atoms with E-state index in [1.165, 1.54) is 5.56 Å². The molecule has 0 aliphatic rings. The summed E-state index contributed by atoms with van der Waals surface area (Å²) in [4.78, 5) is 0. The zero-order valence-electron chi connectivity index (χ0n) is 8.78. The van der Waals surface area contributed by atoms with Gasteiger partial charge in [-0.1, -0.05) is 30.3 Å². The molecule has 0 fully saturated rings. The maximum absolute atomic E-state index is 5.67. The second kappa shape index (κ2) is 6.57. The van der Waals surface area contributed by atoms with Gasteiger partial charge in [-0.25, -0.2) is 0 Å². The van der Waals surface area contributed by atoms with Crippen LogP contribution in [0.5, 0.6) is 0 Å². The van der Waals surface area contributed by atoms with Crippen molar-refractivity contribution in [3.8, 4) is 0 Å². The van der Waals surface area contributed by atoms with E-state index < -0.39 is 0 Å². The highest BCUT2D eigenvalue weighted by Gasteiger charge is 2.03. The summed E-state index contributed by atoms with van der Waals surface area (Å²) in [6.07, 6.45) is 2.28. The van der Waals surface area contributed by atoms with E-state index in [2.05, 4.69) is 19.1 Å². The number of nitrogens with two attached hydrogens (primary N) is 1. The van der Waals surface area contributed by atoms with Crippen molar-refractivity contribution in [3.63, 3.8) is 0 Å². The SMILES string of the molecule is CC(OCCCCN)c1ccccc1. The molecule has 2 nitrogen and oxygen atoms in total. The average molecular weight is 193 g/mol. The maximum atomic E-state index is 5.67. The Balaban J connectivity index is 2.25. The first kappa shape index (κ1) is 11.2. The van der Waals surface area contributed by atoms with Crippen molar-refractivity contribution in [2.45, 2.75) is 25.9 Å². The van der Waals surface area contributed by atoms with Crippen LogP contribution < -0.4 is 5.73 Å². The molecule has 1 aromatic rings. The molecule has 0 radical (unpaired) electrons. The summed E-state index contributed by atoms with van der Waals surface area (Å²) in [7, 11) is 0. The largest absolute Gasteiger partial charge is 0.374 e. The van der Waals surface area contributed by atoms with Crippen LogP contribution in [0.1, 0.15) is 31.4 Å². The molecule has 1 atom stereocenters. The van der Waals surface area contributed by atoms with Gasteiger partial charge in [0.25, 0.3) is 0 Å². The van der Waals surface area contributed by atoms with E-state index in [1.807, 2.05) is 18.2 Å². The molecule has 0 amide bonds. The summed E-state index contributed by atoms with van der Waals surface area (Å²) < 4.78 is 5.67. The number of benzene rings is 1. The van der Waals surface area contributed by atoms with Crippen molar-refractivity contribution in [3.05, 3.63) is 35.9 Å². The number of hydrogen-bond acceptors (Lipinski definition) is 2. The Morgan fingerprint density at radius 3 is 2.57 bits per heavy atom. The first-order valence-corrected chi connectivity index (χ1v) is 5.21. The van der Waals surface area contributed by atoms with Gasteiger partial charge in [0.2, 0.25) is 0 Å². The average Bonchev–Trinajstić information content (AvgIpc) is 2.25. The third kappa shape index (κ3) is 3.90. The monoisotopic (exact) mass is 193 g/mol. The summed E-state index contributed by atoms with van der Waals surface area (Å²) >= 11 is 0. The van der Waals surface area contributed by atoms with E-state index >= 15 is 0 Å². The molecule has 0 heterocycles. The van der Waals surface area contributed by atoms with Gasteiger partial charge < -0.3 is 10.5 Å². The highest BCUT2D eigenvalue weighted by Crippen LogP contribution is 2.15. The highest BCUT2D eigenvalue weighted by molar-refractivity contribution is 5.16. The van der Waals surface area contributed by atoms with E-state index in [-0.39, 0.29) is 6.10 Å². The van der Waals surface area contributed by atoms with Crippen LogP contribution in [-0.2, 0) is 4.74 Å². The van der Waals surface area contributed by atoms with Crippen molar-refractivity contribution in [1.29, 1.82) is 0 Å². The minimum atomic E-state index is 0.189. The quantitative estimate of drug-likeness (QED) is 0.704. The second-order valence-corrected chi connectivity index (χ2v) is 3.42. The van der Waals surface area contributed by atoms with Gasteiger partial charge in [-0.3, -0.25) is 0 Å². The number of hydrogen-bond donors (Lipinski definition) is 1. The fourth-order valence-electron chi connectivity index (χ4n) is 1.33. The fraction of sp³-hybridized carbons (Fsp3) is 0.500. The van der Waals surface area contributed by atoms with Crippen molar-refractivity contribution < 1.29 is 4.74 Å². The molecule has 0 spiro atoms. The lowest BCUT2D eigenvalue weighted by atomic mass is 10.1. The van der Waals surface area contributed by atoms with Gasteiger partial charge in [0.05, 0.1) is 6.10 Å². The lowest BCUT2D eigenvalue weighted by Crippen LogP contribution is -2.04. The molecule has 0 saturated carbocycles. The van der Waals surface area contributed by atoms with Gasteiger partial charge in [-0.05, 0) is 31.9 Å². The van der Waals surface area contributed by atoms with Crippen molar-refractivity contribution in [2.24, 2.45) is 5.73 Å². The molecular formula is C12H19NO. The standard InChI is InChI=1S/C12H19NO/c1-11(14-10-6-5-9-13)12-7-3-2-4-8-12/h2-4,7-8,11H,5-6,9-10,13H2,1H3. The van der Waals surface area contributed by atoms with Gasteiger partial charge in [-0.15, -0.1) is 0 Å². The van der Waals surface area contributed by atoms with Gasteiger partial charge in [0.15, 0.2) is 0 Å². The summed E-state index contributed by atoms with van der Waals surface area (Å²) in [5.74, 6) is 0. The second-order valence-electron chi connectivity index (χ2n) is 3.42. The summed E-state index contributed by atoms with van der Waals surface area (Å²) in [6.45, 7) is 3.63. The van der Waals surface area contributed by atoms with Crippen LogP contribution in [-0.4, -0.2) is 13.2 Å². The zero-order valence-corrected chi connectivity index (χ0v) is 8.78. The van der Waals surface area contributed by atoms with Crippen LogP contribution >= 0.6 is 0 Å². The first-order chi connectivity index (χ1) is 6.84. The van der Waals surface area contributed by atoms with Crippen LogP contribution in [0.4, 0.5) is 0 Å². The molecule has 0 aromatic heterocycles. The van der Waals surface area contributed by atoms with Gasteiger partial charge in [-0.2, -0.15) is 0 Å². The van der Waals surface area contributed by atoms with Crippen LogP contribution in [0.15, 0.2) is 30.3 Å². The fourth-order valence-corrected chi connectivity index (χ4v) is 1.33. The van der Waals surface area contributed by atoms with E-state index in [4.69, 9.17) is 10.5 Å². The molecular weight excluding hydrogens is 174 g/mol. The Morgan fingerprint density at radius 1 is 1.21 bits per heavy atom. The van der Waals surface area contributed by atoms with Crippen molar-refractivity contribution in [2.75, 3.05) is 13.2 Å². The van der Waals surface area contributed by atoms with Gasteiger partial charge in [0, 0.05) is 6.61 Å². The van der Waals surface area contributed by atoms with Crippen LogP contribution in [0.3, 0.4) is 0 Å². The molecule has 14 heavy (non-hydrogen) atoms. The number of ether oxygens (including phenoxy) is 1. The molecule has 0 bridgehead atoms. The van der Waals surface area contributed by atoms with E-state index in [0.717, 1.165) is 26.0 Å². The molecule has 0 saturated heterocycles. The van der Waals surface area contributed by atoms with Crippen LogP contribution in [0, 0.1) is 0 Å². The predicted octanol–water partition coefficient (Wildman–Crippen LogP) is 2.50. The number of unbranched alkanes of at least 4 members (excludes halogenated alkanes) is 1. The third-order valence-corrected chi connectivity index (χ3v) is 2.24. The Kier molecular flexibility index (Phi) is 5.27. The predicted molar refractivity (Wildman–Crippen MR) is 59.1 cm³/mol. The molecule has 1 unspecified atom stereocenters. The maximum Gasteiger partial charge on any atom is 0.0796 e. The summed E-state index contributed by atoms with van der Waals surface area (Å²) in [5.41, 5.74) is 6.64. The minimum absolute atomic E-state index is 0.189. The number of rotatable bonds is 6. The Hall–Kier alpha value is -0.860. The summed E-state index contributed by atoms with van der Waals surface area (Å²) in [6, 6.07) is 10.3. The van der Waals surface area contributed by atoms with Crippen molar-refractivity contribution >= 4 is 0 Å². The molecule has 1 aromatic carbocycles. The molecule has 0 aliphatic carbocycles. The van der Waals surface area contributed by atoms with E-state index in [9.17, 15) is 0 Å². The minimum Gasteiger partial charge on any atom is -0.374 e. The highest BCUT2D eigenvalue weighted by atomic mass is 16.5. The Bertz CT molecular complexity index is 235. The van der Waals surface area contributed by atoms with E-state index in [0.29, 0.717) is 0 Å². The molecule has 0 aliphatic heterocycles. The molecule has 78 valence electrons. The Morgan fingerprint density at radius 2 is 1.93 bits per heavy atom. The van der Waals surface area contributed by atoms with Crippen molar-refractivity contribution in [1.82, 2.24) is 0 Å². The topological polar surface area (TPSA) is 35.2 Å². The Labute approximate surface area is 86.1 Å².